The highest BCUT2D eigenvalue weighted by Crippen LogP contribution is 2.20. The van der Waals surface area contributed by atoms with Crippen molar-refractivity contribution < 1.29 is 14.3 Å². The average Bonchev–Trinajstić information content (AvgIpc) is 2.26. The van der Waals surface area contributed by atoms with Crippen LogP contribution in [0.5, 0.6) is 0 Å². The number of hydrogen-bond donors (Lipinski definition) is 2. The van der Waals surface area contributed by atoms with Gasteiger partial charge in [-0.15, -0.1) is 0 Å². The molecule has 0 aliphatic heterocycles. The highest BCUT2D eigenvalue weighted by atomic mass is 19.1. The Morgan fingerprint density at radius 3 is 2.62 bits per heavy atom. The molecule has 0 spiro atoms. The van der Waals surface area contributed by atoms with Crippen molar-refractivity contribution in [1.82, 2.24) is 0 Å². The molecule has 16 heavy (non-hydrogen) atoms. The van der Waals surface area contributed by atoms with Crippen molar-refractivity contribution in [2.75, 3.05) is 18.0 Å². The van der Waals surface area contributed by atoms with Crippen molar-refractivity contribution in [1.29, 1.82) is 0 Å². The number of carbonyl (C=O) groups is 1. The molecule has 1 aromatic rings. The molecule has 1 aromatic carbocycles. The van der Waals surface area contributed by atoms with Crippen molar-refractivity contribution in [3.05, 3.63) is 30.1 Å². The normalized spacial score (nSPS) is 12.2. The smallest absolute Gasteiger partial charge is 0.327 e. The first-order chi connectivity index (χ1) is 7.61. The van der Waals surface area contributed by atoms with Crippen LogP contribution in [0, 0.1) is 5.82 Å². The van der Waals surface area contributed by atoms with Crippen molar-refractivity contribution >= 4 is 11.7 Å². The molecule has 4 nitrogen and oxygen atoms in total. The second kappa shape index (κ2) is 5.46. The van der Waals surface area contributed by atoms with Crippen LogP contribution in [0.4, 0.5) is 10.1 Å². The molecular weight excluding hydrogens is 211 g/mol. The maximum atomic E-state index is 13.5. The summed E-state index contributed by atoms with van der Waals surface area (Å²) in [4.78, 5) is 12.4. The van der Waals surface area contributed by atoms with E-state index in [1.807, 2.05) is 0 Å². The number of nitrogens with zero attached hydrogens (tertiary/aromatic N) is 1. The third kappa shape index (κ3) is 2.49. The highest BCUT2D eigenvalue weighted by Gasteiger charge is 2.24. The minimum atomic E-state index is -1.05. The number of anilines is 1. The average molecular weight is 226 g/mol. The van der Waals surface area contributed by atoms with Gasteiger partial charge in [0.2, 0.25) is 0 Å². The molecule has 0 aromatic heterocycles. The Labute approximate surface area is 93.5 Å². The first kappa shape index (κ1) is 12.4. The second-order valence-corrected chi connectivity index (χ2v) is 3.33. The molecule has 0 saturated carbocycles. The molecule has 0 saturated heterocycles. The third-order valence-electron chi connectivity index (χ3n) is 2.39. The zero-order chi connectivity index (χ0) is 12.1. The van der Waals surface area contributed by atoms with Crippen LogP contribution in [0.1, 0.15) is 6.92 Å². The van der Waals surface area contributed by atoms with Crippen LogP contribution in [0.25, 0.3) is 0 Å². The second-order valence-electron chi connectivity index (χ2n) is 3.33. The van der Waals surface area contributed by atoms with Gasteiger partial charge in [0, 0.05) is 13.1 Å². The van der Waals surface area contributed by atoms with Gasteiger partial charge in [0.1, 0.15) is 11.9 Å². The summed E-state index contributed by atoms with van der Waals surface area (Å²) in [6, 6.07) is 5.17. The Morgan fingerprint density at radius 2 is 2.19 bits per heavy atom. The van der Waals surface area contributed by atoms with E-state index >= 15 is 0 Å². The predicted octanol–water partition coefficient (Wildman–Crippen LogP) is 1.06. The molecule has 0 aliphatic rings. The van der Waals surface area contributed by atoms with E-state index in [1.54, 1.807) is 25.1 Å². The van der Waals surface area contributed by atoms with Gasteiger partial charge in [-0.3, -0.25) is 0 Å². The number of benzene rings is 1. The fourth-order valence-corrected chi connectivity index (χ4v) is 1.60. The molecule has 0 fully saturated rings. The van der Waals surface area contributed by atoms with Crippen molar-refractivity contribution in [2.45, 2.75) is 13.0 Å². The number of likely N-dealkylation sites (N-methyl/N-ethyl adjacent to an activating group) is 1. The summed E-state index contributed by atoms with van der Waals surface area (Å²) in [6.07, 6.45) is 0. The Morgan fingerprint density at radius 1 is 1.56 bits per heavy atom. The molecule has 0 aliphatic carbocycles. The molecule has 3 N–H and O–H groups in total. The fourth-order valence-electron chi connectivity index (χ4n) is 1.60. The SMILES string of the molecule is CCN(c1ccccc1F)C(CN)C(=O)O. The maximum Gasteiger partial charge on any atom is 0.327 e. The minimum absolute atomic E-state index is 0.0580. The number of rotatable bonds is 5. The number of para-hydroxylation sites is 1. The summed E-state index contributed by atoms with van der Waals surface area (Å²) in [7, 11) is 0. The minimum Gasteiger partial charge on any atom is -0.480 e. The lowest BCUT2D eigenvalue weighted by Gasteiger charge is -2.29. The van der Waals surface area contributed by atoms with Crippen molar-refractivity contribution in [2.24, 2.45) is 5.73 Å². The van der Waals surface area contributed by atoms with Crippen LogP contribution in [0.2, 0.25) is 0 Å². The molecular formula is C11H15FN2O2. The number of halogens is 1. The summed E-state index contributed by atoms with van der Waals surface area (Å²) < 4.78 is 13.5. The molecule has 0 amide bonds. The molecule has 1 atom stereocenters. The summed E-state index contributed by atoms with van der Waals surface area (Å²) in [5, 5.41) is 8.98. The zero-order valence-corrected chi connectivity index (χ0v) is 9.06. The van der Waals surface area contributed by atoms with Gasteiger partial charge in [0.15, 0.2) is 0 Å². The third-order valence-corrected chi connectivity index (χ3v) is 2.39. The molecule has 1 unspecified atom stereocenters. The Balaban J connectivity index is 3.06. The lowest BCUT2D eigenvalue weighted by Crippen LogP contribution is -2.46. The van der Waals surface area contributed by atoms with Crippen LogP contribution in [-0.4, -0.2) is 30.2 Å². The van der Waals surface area contributed by atoms with Crippen LogP contribution in [0.3, 0.4) is 0 Å². The van der Waals surface area contributed by atoms with E-state index in [1.165, 1.54) is 11.0 Å². The highest BCUT2D eigenvalue weighted by molar-refractivity contribution is 5.78. The van der Waals surface area contributed by atoms with Gasteiger partial charge < -0.3 is 15.7 Å². The number of carboxylic acids is 1. The predicted molar refractivity (Wildman–Crippen MR) is 59.9 cm³/mol. The van der Waals surface area contributed by atoms with Crippen molar-refractivity contribution in [3.63, 3.8) is 0 Å². The number of aliphatic carboxylic acids is 1. The van der Waals surface area contributed by atoms with Crippen LogP contribution < -0.4 is 10.6 Å². The van der Waals surface area contributed by atoms with E-state index in [2.05, 4.69) is 0 Å². The maximum absolute atomic E-state index is 13.5. The largest absolute Gasteiger partial charge is 0.480 e. The molecule has 0 heterocycles. The van der Waals surface area contributed by atoms with Crippen LogP contribution in [-0.2, 0) is 4.79 Å². The molecule has 0 bridgehead atoms. The zero-order valence-electron chi connectivity index (χ0n) is 9.06. The lowest BCUT2D eigenvalue weighted by atomic mass is 10.2. The van der Waals surface area contributed by atoms with E-state index in [4.69, 9.17) is 10.8 Å². The summed E-state index contributed by atoms with van der Waals surface area (Å²) in [5.74, 6) is -1.49. The van der Waals surface area contributed by atoms with Gasteiger partial charge in [-0.2, -0.15) is 0 Å². The van der Waals surface area contributed by atoms with E-state index in [0.29, 0.717) is 6.54 Å². The van der Waals surface area contributed by atoms with Gasteiger partial charge >= 0.3 is 5.97 Å². The van der Waals surface area contributed by atoms with E-state index in [-0.39, 0.29) is 12.2 Å². The first-order valence-corrected chi connectivity index (χ1v) is 5.05. The molecule has 88 valence electrons. The van der Waals surface area contributed by atoms with Gasteiger partial charge in [0.25, 0.3) is 0 Å². The Hall–Kier alpha value is -1.62. The first-order valence-electron chi connectivity index (χ1n) is 5.05. The summed E-state index contributed by atoms with van der Waals surface area (Å²) in [5.41, 5.74) is 5.66. The number of nitrogens with two attached hydrogens (primary N) is 1. The summed E-state index contributed by atoms with van der Waals surface area (Å²) >= 11 is 0. The fraction of sp³-hybridized carbons (Fsp3) is 0.364. The molecule has 5 heteroatoms. The van der Waals surface area contributed by atoms with E-state index in [0.717, 1.165) is 0 Å². The van der Waals surface area contributed by atoms with Crippen LogP contribution >= 0.6 is 0 Å². The van der Waals surface area contributed by atoms with Crippen LogP contribution in [0.15, 0.2) is 24.3 Å². The summed E-state index contributed by atoms with van der Waals surface area (Å²) in [6.45, 7) is 2.09. The molecule has 1 rings (SSSR count). The van der Waals surface area contributed by atoms with Gasteiger partial charge in [0.05, 0.1) is 5.69 Å². The number of carboxylic acid groups (broad SMARTS) is 1. The van der Waals surface area contributed by atoms with Gasteiger partial charge in [-0.05, 0) is 19.1 Å². The Bertz CT molecular complexity index is 371. The standard InChI is InChI=1S/C11H15FN2O2/c1-2-14(10(7-13)11(15)16)9-6-4-3-5-8(9)12/h3-6,10H,2,7,13H2,1H3,(H,15,16). The van der Waals surface area contributed by atoms with Crippen molar-refractivity contribution in [3.8, 4) is 0 Å². The number of hydrogen-bond acceptors (Lipinski definition) is 3. The van der Waals surface area contributed by atoms with Gasteiger partial charge in [-0.25, -0.2) is 9.18 Å². The van der Waals surface area contributed by atoms with Gasteiger partial charge in [-0.1, -0.05) is 12.1 Å². The topological polar surface area (TPSA) is 66.6 Å². The lowest BCUT2D eigenvalue weighted by molar-refractivity contribution is -0.138. The quantitative estimate of drug-likeness (QED) is 0.788. The monoisotopic (exact) mass is 226 g/mol. The van der Waals surface area contributed by atoms with E-state index < -0.39 is 17.8 Å². The molecule has 0 radical (unpaired) electrons. The van der Waals surface area contributed by atoms with E-state index in [9.17, 15) is 9.18 Å². The Kier molecular flexibility index (Phi) is 4.25.